The Morgan fingerprint density at radius 2 is 1.21 bits per heavy atom. The van der Waals surface area contributed by atoms with Crippen LogP contribution in [0.5, 0.6) is 0 Å². The van der Waals surface area contributed by atoms with E-state index in [0.29, 0.717) is 0 Å². The molecule has 2 aliphatic heterocycles. The van der Waals surface area contributed by atoms with E-state index in [4.69, 9.17) is 9.97 Å². The lowest BCUT2D eigenvalue weighted by Gasteiger charge is -2.17. The topological polar surface area (TPSA) is 57.4 Å². The third-order valence-electron chi connectivity index (χ3n) is 8.81. The molecule has 2 N–H and O–H groups in total. The van der Waals surface area contributed by atoms with Crippen molar-refractivity contribution < 1.29 is 0 Å². The van der Waals surface area contributed by atoms with Gasteiger partial charge < -0.3 is 9.97 Å². The first-order chi connectivity index (χ1) is 18.0. The number of allylic oxidation sites excluding steroid dienone is 2. The van der Waals surface area contributed by atoms with E-state index in [-0.39, 0.29) is 5.41 Å². The van der Waals surface area contributed by atoms with Gasteiger partial charge in [-0.25, -0.2) is 4.98 Å². The van der Waals surface area contributed by atoms with Gasteiger partial charge in [0.1, 0.15) is 0 Å². The largest absolute Gasteiger partial charge is 0.355 e. The molecular formula is C34H36N4. The third-order valence-corrected chi connectivity index (χ3v) is 8.81. The van der Waals surface area contributed by atoms with Gasteiger partial charge in [-0.15, -0.1) is 0 Å². The molecule has 8 bridgehead atoms. The zero-order valence-electron chi connectivity index (χ0n) is 23.7. The van der Waals surface area contributed by atoms with Crippen LogP contribution in [0.25, 0.3) is 44.3 Å². The van der Waals surface area contributed by atoms with Crippen molar-refractivity contribution in [2.24, 2.45) is 0 Å². The molecule has 6 rings (SSSR count). The molecule has 4 heteroatoms. The molecule has 0 unspecified atom stereocenters. The van der Waals surface area contributed by atoms with Crippen molar-refractivity contribution in [2.45, 2.75) is 67.2 Å². The summed E-state index contributed by atoms with van der Waals surface area (Å²) < 4.78 is 0. The standard InChI is InChI=1S/C34H36N4/c1-18-19(2)27-15-28-22(5)23(6)33(38-28)32(24-12-10-9-11-13-24)30-17-34(7,8)31(37-30)16-29-21(4)20(3)26(36-29)14-25(18)35-27/h9-16,35-36H,17H2,1-8H3. The maximum absolute atomic E-state index is 5.33. The van der Waals surface area contributed by atoms with Gasteiger partial charge in [-0.05, 0) is 98.7 Å². The summed E-state index contributed by atoms with van der Waals surface area (Å²) in [5, 5.41) is 0. The quantitative estimate of drug-likeness (QED) is 0.275. The van der Waals surface area contributed by atoms with Crippen LogP contribution in [-0.4, -0.2) is 19.9 Å². The minimum absolute atomic E-state index is 0.0924. The van der Waals surface area contributed by atoms with Gasteiger partial charge >= 0.3 is 0 Å². The first kappa shape index (κ1) is 24.4. The van der Waals surface area contributed by atoms with Crippen molar-refractivity contribution in [3.63, 3.8) is 0 Å². The van der Waals surface area contributed by atoms with Gasteiger partial charge in [-0.2, -0.15) is 0 Å². The van der Waals surface area contributed by atoms with Gasteiger partial charge in [-0.1, -0.05) is 44.2 Å². The molecule has 0 saturated heterocycles. The van der Waals surface area contributed by atoms with Crippen molar-refractivity contribution in [1.29, 1.82) is 0 Å². The summed E-state index contributed by atoms with van der Waals surface area (Å²) in [6, 6.07) is 17.4. The number of hydrogen-bond acceptors (Lipinski definition) is 2. The summed E-state index contributed by atoms with van der Waals surface area (Å²) in [5.41, 5.74) is 18.4. The lowest BCUT2D eigenvalue weighted by molar-refractivity contribution is 0.544. The van der Waals surface area contributed by atoms with Crippen LogP contribution < -0.4 is 0 Å². The number of aromatic amines is 2. The zero-order valence-corrected chi connectivity index (χ0v) is 23.7. The predicted molar refractivity (Wildman–Crippen MR) is 160 cm³/mol. The molecule has 5 heterocycles. The molecule has 0 amide bonds. The lowest BCUT2D eigenvalue weighted by atomic mass is 9.85. The van der Waals surface area contributed by atoms with E-state index in [9.17, 15) is 0 Å². The highest BCUT2D eigenvalue weighted by Gasteiger charge is 2.32. The van der Waals surface area contributed by atoms with Crippen molar-refractivity contribution >= 4 is 33.2 Å². The Morgan fingerprint density at radius 3 is 1.82 bits per heavy atom. The second kappa shape index (κ2) is 8.56. The van der Waals surface area contributed by atoms with Crippen LogP contribution in [0.4, 0.5) is 0 Å². The summed E-state index contributed by atoms with van der Waals surface area (Å²) in [5.74, 6) is 0. The molecule has 4 aromatic rings. The minimum atomic E-state index is -0.0924. The molecule has 1 aromatic carbocycles. The van der Waals surface area contributed by atoms with Gasteiger partial charge in [0.05, 0.1) is 17.1 Å². The Bertz CT molecular complexity index is 1810. The number of benzene rings is 1. The van der Waals surface area contributed by atoms with Gasteiger partial charge in [0.2, 0.25) is 0 Å². The second-order valence-corrected chi connectivity index (χ2v) is 11.7. The fourth-order valence-corrected chi connectivity index (χ4v) is 5.77. The Balaban J connectivity index is 1.85. The summed E-state index contributed by atoms with van der Waals surface area (Å²) in [6.07, 6.45) is 0.864. The summed E-state index contributed by atoms with van der Waals surface area (Å²) in [7, 11) is 0. The Hall–Kier alpha value is -3.92. The van der Waals surface area contributed by atoms with E-state index in [1.54, 1.807) is 0 Å². The van der Waals surface area contributed by atoms with Crippen molar-refractivity contribution in [2.75, 3.05) is 0 Å². The van der Waals surface area contributed by atoms with Crippen LogP contribution in [0.1, 0.15) is 72.7 Å². The predicted octanol–water partition coefficient (Wildman–Crippen LogP) is 8.69. The van der Waals surface area contributed by atoms with Gasteiger partial charge in [-0.3, -0.25) is 4.98 Å². The fourth-order valence-electron chi connectivity index (χ4n) is 5.77. The highest BCUT2D eigenvalue weighted by Crippen LogP contribution is 2.41. The Morgan fingerprint density at radius 1 is 0.658 bits per heavy atom. The highest BCUT2D eigenvalue weighted by molar-refractivity contribution is 5.96. The number of H-pyrrole nitrogens is 2. The van der Waals surface area contributed by atoms with E-state index in [2.05, 4.69) is 114 Å². The molecule has 0 radical (unpaired) electrons. The average Bonchev–Trinajstić information content (AvgIpc) is 3.52. The molecule has 0 fully saturated rings. The van der Waals surface area contributed by atoms with Gasteiger partial charge in [0.25, 0.3) is 0 Å². The molecule has 192 valence electrons. The van der Waals surface area contributed by atoms with Crippen LogP contribution >= 0.6 is 0 Å². The molecule has 0 aliphatic carbocycles. The van der Waals surface area contributed by atoms with Crippen LogP contribution in [0.3, 0.4) is 0 Å². The number of fused-ring (bicyclic) bond motifs is 8. The maximum Gasteiger partial charge on any atom is 0.0766 e. The number of nitrogens with one attached hydrogen (secondary N) is 2. The van der Waals surface area contributed by atoms with Crippen molar-refractivity contribution in [3.8, 4) is 11.1 Å². The number of hydrogen-bond donors (Lipinski definition) is 2. The summed E-state index contributed by atoms with van der Waals surface area (Å²) in [6.45, 7) is 17.8. The number of nitrogens with zero attached hydrogens (tertiary/aromatic N) is 2. The molecule has 4 nitrogen and oxygen atoms in total. The molecule has 0 atom stereocenters. The van der Waals surface area contributed by atoms with E-state index in [1.165, 1.54) is 33.4 Å². The monoisotopic (exact) mass is 500 g/mol. The van der Waals surface area contributed by atoms with Gasteiger partial charge in [0.15, 0.2) is 0 Å². The zero-order chi connectivity index (χ0) is 26.9. The summed E-state index contributed by atoms with van der Waals surface area (Å²) >= 11 is 0. The normalized spacial score (nSPS) is 14.8. The van der Waals surface area contributed by atoms with E-state index >= 15 is 0 Å². The van der Waals surface area contributed by atoms with Crippen molar-refractivity contribution in [3.05, 3.63) is 93.6 Å². The molecule has 3 aromatic heterocycles. The molecule has 2 aliphatic rings. The van der Waals surface area contributed by atoms with Crippen LogP contribution in [-0.2, 0) is 11.8 Å². The lowest BCUT2D eigenvalue weighted by Crippen LogP contribution is -2.15. The molecular weight excluding hydrogens is 464 g/mol. The first-order valence-corrected chi connectivity index (χ1v) is 13.5. The molecule has 0 spiro atoms. The van der Waals surface area contributed by atoms with E-state index < -0.39 is 0 Å². The van der Waals surface area contributed by atoms with Crippen molar-refractivity contribution in [1.82, 2.24) is 19.9 Å². The number of rotatable bonds is 1. The second-order valence-electron chi connectivity index (χ2n) is 11.7. The Kier molecular flexibility index (Phi) is 5.50. The number of aryl methyl sites for hydroxylation is 4. The smallest absolute Gasteiger partial charge is 0.0766 e. The van der Waals surface area contributed by atoms with E-state index in [0.717, 1.165) is 62.4 Å². The number of aromatic nitrogens is 4. The minimum Gasteiger partial charge on any atom is -0.355 e. The first-order valence-electron chi connectivity index (χ1n) is 13.5. The Labute approximate surface area is 224 Å². The van der Waals surface area contributed by atoms with Crippen LogP contribution in [0.2, 0.25) is 0 Å². The molecule has 0 saturated carbocycles. The van der Waals surface area contributed by atoms with Crippen LogP contribution in [0.15, 0.2) is 48.5 Å². The SMILES string of the molecule is CC1=C(C)c2nc1cc1[nH]c(cc3[nH]c(cc4nc(c2-c2ccccc2)CC4(C)C)c(C)c3C)c(C)c1C. The summed E-state index contributed by atoms with van der Waals surface area (Å²) in [4.78, 5) is 18.0. The average molecular weight is 501 g/mol. The fraction of sp³-hybridized carbons (Fsp3) is 0.294. The third kappa shape index (κ3) is 3.74. The maximum atomic E-state index is 5.33. The van der Waals surface area contributed by atoms with E-state index in [1.807, 2.05) is 0 Å². The van der Waals surface area contributed by atoms with Crippen LogP contribution in [0, 0.1) is 27.7 Å². The van der Waals surface area contributed by atoms with Gasteiger partial charge in [0, 0.05) is 45.2 Å². The molecule has 38 heavy (non-hydrogen) atoms. The highest BCUT2D eigenvalue weighted by atomic mass is 14.8.